The molecule has 0 saturated carbocycles. The van der Waals surface area contributed by atoms with Gasteiger partial charge < -0.3 is 15.9 Å². The quantitative estimate of drug-likeness (QED) is 0.639. The van der Waals surface area contributed by atoms with E-state index in [0.717, 1.165) is 0 Å². The molecule has 0 amide bonds. The van der Waals surface area contributed by atoms with Gasteiger partial charge >= 0.3 is 5.97 Å². The number of nitrogens with two attached hydrogens (primary N) is 1. The summed E-state index contributed by atoms with van der Waals surface area (Å²) in [6.07, 6.45) is 0. The predicted octanol–water partition coefficient (Wildman–Crippen LogP) is 1.44. The molecular weight excluding hydrogens is 226 g/mol. The Bertz CT molecular complexity index is 338. The molecule has 4 N–H and O–H groups in total. The van der Waals surface area contributed by atoms with Gasteiger partial charge in [-0.2, -0.15) is 0 Å². The highest BCUT2D eigenvalue weighted by Crippen LogP contribution is 2.30. The third-order valence-electron chi connectivity index (χ3n) is 1.38. The van der Waals surface area contributed by atoms with Gasteiger partial charge in [0, 0.05) is 4.47 Å². The summed E-state index contributed by atoms with van der Waals surface area (Å²) in [5.41, 5.74) is 5.15. The molecule has 0 bridgehead atoms. The average molecular weight is 232 g/mol. The molecule has 0 unspecified atom stereocenters. The lowest BCUT2D eigenvalue weighted by Crippen LogP contribution is -2.03. The normalized spacial score (nSPS) is 9.75. The summed E-state index contributed by atoms with van der Waals surface area (Å²) in [7, 11) is 0. The number of benzene rings is 1. The number of hydrogen-bond acceptors (Lipinski definition) is 3. The minimum atomic E-state index is -1.24. The van der Waals surface area contributed by atoms with Crippen LogP contribution in [0.1, 0.15) is 10.4 Å². The Kier molecular flexibility index (Phi) is 2.23. The fraction of sp³-hybridized carbons (Fsp3) is 0. The molecule has 0 heterocycles. The van der Waals surface area contributed by atoms with Gasteiger partial charge in [0.1, 0.15) is 11.3 Å². The zero-order valence-corrected chi connectivity index (χ0v) is 7.50. The molecule has 0 aliphatic carbocycles. The van der Waals surface area contributed by atoms with Crippen LogP contribution in [0, 0.1) is 0 Å². The molecule has 64 valence electrons. The lowest BCUT2D eigenvalue weighted by atomic mass is 10.1. The zero-order chi connectivity index (χ0) is 9.30. The molecule has 0 saturated heterocycles. The van der Waals surface area contributed by atoms with Gasteiger partial charge in [-0.1, -0.05) is 0 Å². The summed E-state index contributed by atoms with van der Waals surface area (Å²) < 4.78 is 0.456. The van der Waals surface area contributed by atoms with E-state index in [9.17, 15) is 4.79 Å². The van der Waals surface area contributed by atoms with E-state index in [1.54, 1.807) is 0 Å². The number of halogens is 1. The van der Waals surface area contributed by atoms with Crippen molar-refractivity contribution >= 4 is 27.6 Å². The Morgan fingerprint density at radius 2 is 2.08 bits per heavy atom. The van der Waals surface area contributed by atoms with Gasteiger partial charge in [-0.3, -0.25) is 0 Å². The molecule has 0 aromatic heterocycles. The number of carbonyl (C=O) groups is 1. The van der Waals surface area contributed by atoms with Gasteiger partial charge in [-0.25, -0.2) is 4.79 Å². The molecule has 5 heteroatoms. The highest BCUT2D eigenvalue weighted by molar-refractivity contribution is 9.10. The molecule has 1 aromatic carbocycles. The predicted molar refractivity (Wildman–Crippen MR) is 47.2 cm³/mol. The lowest BCUT2D eigenvalue weighted by Gasteiger charge is -2.04. The van der Waals surface area contributed by atoms with Gasteiger partial charge in [0.05, 0.1) is 5.69 Å². The molecule has 0 aliphatic heterocycles. The van der Waals surface area contributed by atoms with E-state index in [0.29, 0.717) is 4.47 Å². The lowest BCUT2D eigenvalue weighted by molar-refractivity contribution is 0.0695. The van der Waals surface area contributed by atoms with Crippen LogP contribution in [-0.4, -0.2) is 16.2 Å². The monoisotopic (exact) mass is 231 g/mol. The number of aromatic carboxylic acids is 1. The smallest absolute Gasteiger partial charge is 0.341 e. The largest absolute Gasteiger partial charge is 0.507 e. The van der Waals surface area contributed by atoms with Crippen molar-refractivity contribution in [2.75, 3.05) is 5.73 Å². The molecule has 0 atom stereocenters. The number of nitrogen functional groups attached to an aromatic ring is 1. The van der Waals surface area contributed by atoms with Crippen molar-refractivity contribution in [1.82, 2.24) is 0 Å². The summed E-state index contributed by atoms with van der Waals surface area (Å²) in [6, 6.07) is 2.75. The number of aromatic hydroxyl groups is 1. The van der Waals surface area contributed by atoms with Crippen molar-refractivity contribution in [2.24, 2.45) is 0 Å². The van der Waals surface area contributed by atoms with Crippen LogP contribution in [0.25, 0.3) is 0 Å². The van der Waals surface area contributed by atoms with Crippen LogP contribution in [-0.2, 0) is 0 Å². The van der Waals surface area contributed by atoms with E-state index in [1.807, 2.05) is 0 Å². The average Bonchev–Trinajstić information content (AvgIpc) is 1.97. The molecule has 0 fully saturated rings. The Balaban J connectivity index is 3.43. The second-order valence-electron chi connectivity index (χ2n) is 2.16. The van der Waals surface area contributed by atoms with Crippen molar-refractivity contribution in [3.8, 4) is 5.75 Å². The summed E-state index contributed by atoms with van der Waals surface area (Å²) in [6.45, 7) is 0. The van der Waals surface area contributed by atoms with Crippen LogP contribution >= 0.6 is 15.9 Å². The minimum Gasteiger partial charge on any atom is -0.507 e. The fourth-order valence-corrected chi connectivity index (χ4v) is 1.14. The van der Waals surface area contributed by atoms with E-state index in [1.165, 1.54) is 12.1 Å². The third kappa shape index (κ3) is 1.35. The van der Waals surface area contributed by atoms with E-state index in [-0.39, 0.29) is 17.0 Å². The van der Waals surface area contributed by atoms with Gasteiger partial charge in [-0.15, -0.1) is 0 Å². The summed E-state index contributed by atoms with van der Waals surface area (Å²) in [5.74, 6) is -1.57. The van der Waals surface area contributed by atoms with Crippen molar-refractivity contribution in [3.05, 3.63) is 22.2 Å². The SMILES string of the molecule is Nc1c(Br)ccc(O)c1C(=O)O. The fourth-order valence-electron chi connectivity index (χ4n) is 0.807. The number of hydrogen-bond donors (Lipinski definition) is 3. The third-order valence-corrected chi connectivity index (χ3v) is 2.08. The zero-order valence-electron chi connectivity index (χ0n) is 5.91. The molecule has 0 aliphatic rings. The van der Waals surface area contributed by atoms with Crippen LogP contribution in [0.2, 0.25) is 0 Å². The highest BCUT2D eigenvalue weighted by Gasteiger charge is 2.15. The number of carboxylic acid groups (broad SMARTS) is 1. The molecule has 4 nitrogen and oxygen atoms in total. The maximum absolute atomic E-state index is 10.5. The first-order valence-corrected chi connectivity index (χ1v) is 3.83. The Labute approximate surface area is 76.8 Å². The van der Waals surface area contributed by atoms with Gasteiger partial charge in [0.2, 0.25) is 0 Å². The first-order valence-electron chi connectivity index (χ1n) is 3.04. The Morgan fingerprint density at radius 1 is 1.50 bits per heavy atom. The molecule has 12 heavy (non-hydrogen) atoms. The maximum Gasteiger partial charge on any atom is 0.341 e. The van der Waals surface area contributed by atoms with Crippen LogP contribution in [0.4, 0.5) is 5.69 Å². The van der Waals surface area contributed by atoms with Crippen LogP contribution in [0.5, 0.6) is 5.75 Å². The van der Waals surface area contributed by atoms with Gasteiger partial charge in [-0.05, 0) is 28.1 Å². The van der Waals surface area contributed by atoms with Crippen LogP contribution in [0.3, 0.4) is 0 Å². The van der Waals surface area contributed by atoms with Gasteiger partial charge in [0.25, 0.3) is 0 Å². The standard InChI is InChI=1S/C7H6BrNO3/c8-3-1-2-4(10)5(6(3)9)7(11)12/h1-2,10H,9H2,(H,11,12). The van der Waals surface area contributed by atoms with Crippen molar-refractivity contribution in [2.45, 2.75) is 0 Å². The number of anilines is 1. The first-order chi connectivity index (χ1) is 5.54. The van der Waals surface area contributed by atoms with Crippen molar-refractivity contribution < 1.29 is 15.0 Å². The van der Waals surface area contributed by atoms with E-state index in [2.05, 4.69) is 15.9 Å². The molecule has 0 spiro atoms. The number of phenols is 1. The van der Waals surface area contributed by atoms with E-state index < -0.39 is 5.97 Å². The second-order valence-corrected chi connectivity index (χ2v) is 3.01. The summed E-state index contributed by atoms with van der Waals surface area (Å²) in [5, 5.41) is 17.7. The summed E-state index contributed by atoms with van der Waals surface area (Å²) in [4.78, 5) is 10.5. The molecule has 1 aromatic rings. The van der Waals surface area contributed by atoms with Crippen LogP contribution < -0.4 is 5.73 Å². The van der Waals surface area contributed by atoms with Crippen molar-refractivity contribution in [1.29, 1.82) is 0 Å². The van der Waals surface area contributed by atoms with Gasteiger partial charge in [0.15, 0.2) is 0 Å². The molecule has 0 radical (unpaired) electrons. The highest BCUT2D eigenvalue weighted by atomic mass is 79.9. The summed E-state index contributed by atoms with van der Waals surface area (Å²) >= 11 is 3.05. The maximum atomic E-state index is 10.5. The van der Waals surface area contributed by atoms with Crippen molar-refractivity contribution in [3.63, 3.8) is 0 Å². The number of rotatable bonds is 1. The molecular formula is C7H6BrNO3. The van der Waals surface area contributed by atoms with Crippen LogP contribution in [0.15, 0.2) is 16.6 Å². The number of carboxylic acids is 1. The van der Waals surface area contributed by atoms with E-state index >= 15 is 0 Å². The topological polar surface area (TPSA) is 83.5 Å². The van der Waals surface area contributed by atoms with E-state index in [4.69, 9.17) is 15.9 Å². The second kappa shape index (κ2) is 3.02. The minimum absolute atomic E-state index is 0.0301. The Morgan fingerprint density at radius 3 is 2.50 bits per heavy atom. The molecule has 1 rings (SSSR count). The Hall–Kier alpha value is -1.23. The first kappa shape index (κ1) is 8.86.